The van der Waals surface area contributed by atoms with Crippen molar-refractivity contribution < 1.29 is 23.3 Å². The highest BCUT2D eigenvalue weighted by atomic mass is 31.2. The van der Waals surface area contributed by atoms with Gasteiger partial charge >= 0.3 is 7.82 Å². The lowest BCUT2D eigenvalue weighted by molar-refractivity contribution is 0.112. The van der Waals surface area contributed by atoms with E-state index in [1.54, 1.807) is 12.1 Å². The van der Waals surface area contributed by atoms with Crippen molar-refractivity contribution in [2.24, 2.45) is 0 Å². The molecule has 5 nitrogen and oxygen atoms in total. The van der Waals surface area contributed by atoms with Gasteiger partial charge in [-0.15, -0.1) is 13.2 Å². The first-order valence-electron chi connectivity index (χ1n) is 5.39. The molecule has 0 radical (unpaired) electrons. The van der Waals surface area contributed by atoms with Crippen molar-refractivity contribution in [3.8, 4) is 0 Å². The standard InChI is InChI=1S/C7H6O.C6H11O4P/c8-6-7-4-2-1-3-5-7;1-3-5-9-11(7,8)10-6-4-2/h1-6H;3-4H,1-2,5-6H2,(H,7,8). The number of hydrogen-bond donors (Lipinski definition) is 1. The van der Waals surface area contributed by atoms with Crippen LogP contribution >= 0.6 is 7.82 Å². The molecule has 104 valence electrons. The van der Waals surface area contributed by atoms with Crippen LogP contribution in [0.1, 0.15) is 10.4 Å². The molecule has 0 bridgehead atoms. The Bertz CT molecular complexity index is 414. The summed E-state index contributed by atoms with van der Waals surface area (Å²) in [6.45, 7) is 6.60. The lowest BCUT2D eigenvalue weighted by atomic mass is 10.2. The quantitative estimate of drug-likeness (QED) is 0.473. The van der Waals surface area contributed by atoms with Crippen LogP contribution < -0.4 is 0 Å². The van der Waals surface area contributed by atoms with Gasteiger partial charge in [0, 0.05) is 5.56 Å². The van der Waals surface area contributed by atoms with Gasteiger partial charge in [-0.05, 0) is 0 Å². The van der Waals surface area contributed by atoms with Gasteiger partial charge in [0.2, 0.25) is 0 Å². The van der Waals surface area contributed by atoms with Crippen LogP contribution in [0.5, 0.6) is 0 Å². The molecule has 1 aromatic carbocycles. The van der Waals surface area contributed by atoms with Crippen molar-refractivity contribution in [1.29, 1.82) is 0 Å². The van der Waals surface area contributed by atoms with E-state index >= 15 is 0 Å². The minimum atomic E-state index is -3.87. The Labute approximate surface area is 112 Å². The third kappa shape index (κ3) is 10.1. The van der Waals surface area contributed by atoms with Crippen molar-refractivity contribution in [3.63, 3.8) is 0 Å². The van der Waals surface area contributed by atoms with E-state index in [1.807, 2.05) is 18.2 Å². The summed E-state index contributed by atoms with van der Waals surface area (Å²) in [6, 6.07) is 9.10. The van der Waals surface area contributed by atoms with E-state index < -0.39 is 7.82 Å². The van der Waals surface area contributed by atoms with Gasteiger partial charge in [0.1, 0.15) is 6.29 Å². The zero-order chi connectivity index (χ0) is 14.6. The third-order valence-electron chi connectivity index (χ3n) is 1.65. The maximum absolute atomic E-state index is 10.7. The monoisotopic (exact) mass is 284 g/mol. The molecule has 0 saturated heterocycles. The first-order chi connectivity index (χ1) is 9.05. The van der Waals surface area contributed by atoms with E-state index in [0.717, 1.165) is 11.8 Å². The summed E-state index contributed by atoms with van der Waals surface area (Å²) in [5.41, 5.74) is 0.729. The van der Waals surface area contributed by atoms with E-state index in [1.165, 1.54) is 12.2 Å². The van der Waals surface area contributed by atoms with E-state index in [-0.39, 0.29) is 13.2 Å². The van der Waals surface area contributed by atoms with Crippen molar-refractivity contribution in [1.82, 2.24) is 0 Å². The van der Waals surface area contributed by atoms with Gasteiger partial charge in [-0.1, -0.05) is 42.5 Å². The van der Waals surface area contributed by atoms with E-state index in [0.29, 0.717) is 0 Å². The van der Waals surface area contributed by atoms with Gasteiger partial charge in [-0.3, -0.25) is 13.8 Å². The van der Waals surface area contributed by atoms with Crippen molar-refractivity contribution >= 4 is 14.1 Å². The molecule has 0 spiro atoms. The predicted octanol–water partition coefficient (Wildman–Crippen LogP) is 2.99. The zero-order valence-electron chi connectivity index (χ0n) is 10.5. The molecule has 0 unspecified atom stereocenters. The van der Waals surface area contributed by atoms with Crippen LogP contribution in [0.2, 0.25) is 0 Å². The minimum Gasteiger partial charge on any atom is -0.302 e. The number of aldehydes is 1. The van der Waals surface area contributed by atoms with Crippen LogP contribution in [0, 0.1) is 0 Å². The highest BCUT2D eigenvalue weighted by Crippen LogP contribution is 2.42. The number of phosphoric ester groups is 1. The molecule has 1 N–H and O–H groups in total. The van der Waals surface area contributed by atoms with Gasteiger partial charge in [0.05, 0.1) is 13.2 Å². The topological polar surface area (TPSA) is 72.8 Å². The molecule has 0 heterocycles. The average molecular weight is 284 g/mol. The van der Waals surface area contributed by atoms with E-state index in [9.17, 15) is 9.36 Å². The summed E-state index contributed by atoms with van der Waals surface area (Å²) in [6.07, 6.45) is 3.56. The maximum Gasteiger partial charge on any atom is 0.472 e. The van der Waals surface area contributed by atoms with Gasteiger partial charge in [0.25, 0.3) is 0 Å². The number of phosphoric acid groups is 1. The smallest absolute Gasteiger partial charge is 0.302 e. The fraction of sp³-hybridized carbons (Fsp3) is 0.154. The molecule has 0 aliphatic rings. The molecule has 0 aromatic heterocycles. The number of carbonyl (C=O) groups is 1. The van der Waals surface area contributed by atoms with Gasteiger partial charge < -0.3 is 4.89 Å². The minimum absolute atomic E-state index is 0.00901. The second-order valence-corrected chi connectivity index (χ2v) is 4.62. The lowest BCUT2D eigenvalue weighted by Gasteiger charge is -2.08. The third-order valence-corrected chi connectivity index (χ3v) is 2.60. The van der Waals surface area contributed by atoms with Crippen LogP contribution in [-0.4, -0.2) is 24.4 Å². The summed E-state index contributed by atoms with van der Waals surface area (Å²) in [5, 5.41) is 0. The van der Waals surface area contributed by atoms with Crippen LogP contribution in [-0.2, 0) is 13.6 Å². The highest BCUT2D eigenvalue weighted by molar-refractivity contribution is 7.47. The highest BCUT2D eigenvalue weighted by Gasteiger charge is 2.18. The number of rotatable bonds is 7. The second-order valence-electron chi connectivity index (χ2n) is 3.17. The Morgan fingerprint density at radius 2 is 1.58 bits per heavy atom. The van der Waals surface area contributed by atoms with Gasteiger partial charge in [-0.25, -0.2) is 4.57 Å². The Morgan fingerprint density at radius 1 is 1.11 bits per heavy atom. The van der Waals surface area contributed by atoms with Crippen LogP contribution in [0.3, 0.4) is 0 Å². The summed E-state index contributed by atoms with van der Waals surface area (Å²) < 4.78 is 19.6. The summed E-state index contributed by atoms with van der Waals surface area (Å²) in [5.74, 6) is 0. The molecule has 1 aromatic rings. The molecule has 19 heavy (non-hydrogen) atoms. The average Bonchev–Trinajstić information content (AvgIpc) is 2.45. The Balaban J connectivity index is 0.000000356. The molecule has 0 fully saturated rings. The zero-order valence-corrected chi connectivity index (χ0v) is 11.4. The Kier molecular flexibility index (Phi) is 9.57. The molecule has 6 heteroatoms. The fourth-order valence-electron chi connectivity index (χ4n) is 0.863. The second kappa shape index (κ2) is 10.4. The first-order valence-corrected chi connectivity index (χ1v) is 6.89. The molecule has 0 aliphatic carbocycles. The Hall–Kier alpha value is -1.52. The van der Waals surface area contributed by atoms with Crippen molar-refractivity contribution in [2.75, 3.05) is 13.2 Å². The maximum atomic E-state index is 10.7. The largest absolute Gasteiger partial charge is 0.472 e. The van der Waals surface area contributed by atoms with Gasteiger partial charge in [-0.2, -0.15) is 0 Å². The molecule has 0 saturated carbocycles. The SMILES string of the molecule is C=CCOP(=O)(O)OCC=C.O=Cc1ccccc1. The number of hydrogen-bond acceptors (Lipinski definition) is 4. The predicted molar refractivity (Wildman–Crippen MR) is 74.0 cm³/mol. The lowest BCUT2D eigenvalue weighted by Crippen LogP contribution is -1.94. The Morgan fingerprint density at radius 3 is 1.89 bits per heavy atom. The van der Waals surface area contributed by atoms with Gasteiger partial charge in [0.15, 0.2) is 0 Å². The van der Waals surface area contributed by atoms with Crippen LogP contribution in [0.4, 0.5) is 0 Å². The van der Waals surface area contributed by atoms with Crippen molar-refractivity contribution in [3.05, 3.63) is 61.2 Å². The molecule has 0 aliphatic heterocycles. The first kappa shape index (κ1) is 17.5. The molecule has 1 rings (SSSR count). The summed E-state index contributed by atoms with van der Waals surface area (Å²) >= 11 is 0. The molecule has 0 atom stereocenters. The van der Waals surface area contributed by atoms with Crippen LogP contribution in [0.15, 0.2) is 55.6 Å². The van der Waals surface area contributed by atoms with Crippen LogP contribution in [0.25, 0.3) is 0 Å². The number of carbonyl (C=O) groups excluding carboxylic acids is 1. The molecule has 0 amide bonds. The van der Waals surface area contributed by atoms with E-state index in [2.05, 4.69) is 22.2 Å². The van der Waals surface area contributed by atoms with Crippen molar-refractivity contribution in [2.45, 2.75) is 0 Å². The normalized spacial score (nSPS) is 9.95. The molecular formula is C13H17O5P. The van der Waals surface area contributed by atoms with E-state index in [4.69, 9.17) is 4.89 Å². The summed E-state index contributed by atoms with van der Waals surface area (Å²) in [7, 11) is -3.87. The fourth-order valence-corrected chi connectivity index (χ4v) is 1.52. The number of benzene rings is 1. The summed E-state index contributed by atoms with van der Waals surface area (Å²) in [4.78, 5) is 18.8. The molecular weight excluding hydrogens is 267 g/mol.